The fraction of sp³-hybridized carbons (Fsp3) is 0.529. The van der Waals surface area contributed by atoms with Gasteiger partial charge < -0.3 is 10.2 Å². The zero-order valence-corrected chi connectivity index (χ0v) is 12.6. The Hall–Kier alpha value is -1.84. The van der Waals surface area contributed by atoms with Crippen molar-refractivity contribution in [3.63, 3.8) is 0 Å². The molecule has 0 amide bonds. The van der Waals surface area contributed by atoms with Crippen LogP contribution in [0.15, 0.2) is 12.1 Å². The Balaban J connectivity index is 2.68. The highest BCUT2D eigenvalue weighted by atomic mass is 16.4. The number of benzene rings is 1. The summed E-state index contributed by atoms with van der Waals surface area (Å²) in [6.07, 6.45) is 5.23. The van der Waals surface area contributed by atoms with Crippen LogP contribution in [0.4, 0.5) is 0 Å². The first-order valence-corrected chi connectivity index (χ1v) is 7.56. The number of hydrogen-bond acceptors (Lipinski definition) is 2. The number of carbonyl (C=O) groups is 2. The molecule has 114 valence electrons. The third-order valence-electron chi connectivity index (χ3n) is 4.36. The number of carboxylic acid groups (broad SMARTS) is 2. The Morgan fingerprint density at radius 2 is 1.67 bits per heavy atom. The molecule has 0 unspecified atom stereocenters. The first kappa shape index (κ1) is 15.5. The molecule has 4 heteroatoms. The van der Waals surface area contributed by atoms with Gasteiger partial charge in [0.1, 0.15) is 0 Å². The van der Waals surface area contributed by atoms with Gasteiger partial charge in [0.15, 0.2) is 0 Å². The van der Waals surface area contributed by atoms with Gasteiger partial charge in [0.05, 0.1) is 11.1 Å². The van der Waals surface area contributed by atoms with Gasteiger partial charge in [0, 0.05) is 0 Å². The van der Waals surface area contributed by atoms with E-state index in [0.29, 0.717) is 0 Å². The van der Waals surface area contributed by atoms with Crippen LogP contribution in [0.2, 0.25) is 0 Å². The van der Waals surface area contributed by atoms with Gasteiger partial charge in [0.25, 0.3) is 0 Å². The maximum absolute atomic E-state index is 11.7. The summed E-state index contributed by atoms with van der Waals surface area (Å²) in [6.45, 7) is 4.04. The summed E-state index contributed by atoms with van der Waals surface area (Å²) in [6, 6.07) is 3.23. The maximum atomic E-state index is 11.7. The molecule has 0 atom stereocenters. The van der Waals surface area contributed by atoms with Gasteiger partial charge in [-0.15, -0.1) is 0 Å². The van der Waals surface area contributed by atoms with Gasteiger partial charge in [-0.1, -0.05) is 39.2 Å². The lowest BCUT2D eigenvalue weighted by atomic mass is 9.76. The zero-order valence-electron chi connectivity index (χ0n) is 12.6. The smallest absolute Gasteiger partial charge is 0.336 e. The SMILES string of the molecule is CC(C)c1ccc(C(=O)O)c(C(=O)O)c1C1CCCCC1. The first-order chi connectivity index (χ1) is 9.93. The van der Waals surface area contributed by atoms with Gasteiger partial charge in [-0.25, -0.2) is 9.59 Å². The molecule has 1 saturated carbocycles. The van der Waals surface area contributed by atoms with E-state index in [1.807, 2.05) is 13.8 Å². The van der Waals surface area contributed by atoms with Crippen LogP contribution in [-0.2, 0) is 0 Å². The highest BCUT2D eigenvalue weighted by molar-refractivity contribution is 6.03. The van der Waals surface area contributed by atoms with Crippen molar-refractivity contribution in [1.29, 1.82) is 0 Å². The summed E-state index contributed by atoms with van der Waals surface area (Å²) in [5.41, 5.74) is 1.65. The van der Waals surface area contributed by atoms with Gasteiger partial charge in [-0.3, -0.25) is 0 Å². The quantitative estimate of drug-likeness (QED) is 0.869. The molecule has 4 nitrogen and oxygen atoms in total. The second kappa shape index (κ2) is 6.29. The van der Waals surface area contributed by atoms with Gasteiger partial charge >= 0.3 is 11.9 Å². The van der Waals surface area contributed by atoms with E-state index in [1.54, 1.807) is 6.07 Å². The first-order valence-electron chi connectivity index (χ1n) is 7.56. The van der Waals surface area contributed by atoms with Crippen LogP contribution in [0.5, 0.6) is 0 Å². The Labute approximate surface area is 124 Å². The Morgan fingerprint density at radius 3 is 2.14 bits per heavy atom. The molecule has 1 fully saturated rings. The molecule has 1 aliphatic carbocycles. The summed E-state index contributed by atoms with van der Waals surface area (Å²) in [7, 11) is 0. The van der Waals surface area contributed by atoms with Gasteiger partial charge in [-0.05, 0) is 41.9 Å². The van der Waals surface area contributed by atoms with Crippen LogP contribution in [0.25, 0.3) is 0 Å². The van der Waals surface area contributed by atoms with Gasteiger partial charge in [0.2, 0.25) is 0 Å². The van der Waals surface area contributed by atoms with E-state index in [-0.39, 0.29) is 23.0 Å². The molecule has 1 aliphatic rings. The van der Waals surface area contributed by atoms with Crippen molar-refractivity contribution in [3.05, 3.63) is 34.4 Å². The second-order valence-corrected chi connectivity index (χ2v) is 6.09. The van der Waals surface area contributed by atoms with Gasteiger partial charge in [-0.2, -0.15) is 0 Å². The molecule has 2 N–H and O–H groups in total. The van der Waals surface area contributed by atoms with Crippen molar-refractivity contribution in [2.24, 2.45) is 0 Å². The number of rotatable bonds is 4. The summed E-state index contributed by atoms with van der Waals surface area (Å²) in [4.78, 5) is 23.1. The van der Waals surface area contributed by atoms with Crippen LogP contribution < -0.4 is 0 Å². The van der Waals surface area contributed by atoms with E-state index in [4.69, 9.17) is 0 Å². The topological polar surface area (TPSA) is 74.6 Å². The monoisotopic (exact) mass is 290 g/mol. The minimum absolute atomic E-state index is 0.000556. The average Bonchev–Trinajstić information content (AvgIpc) is 2.46. The fourth-order valence-corrected chi connectivity index (χ4v) is 3.38. The minimum Gasteiger partial charge on any atom is -0.478 e. The largest absolute Gasteiger partial charge is 0.478 e. The summed E-state index contributed by atoms with van der Waals surface area (Å²) < 4.78 is 0. The van der Waals surface area contributed by atoms with E-state index < -0.39 is 11.9 Å². The van der Waals surface area contributed by atoms with E-state index >= 15 is 0 Å². The van der Waals surface area contributed by atoms with Crippen LogP contribution in [0.3, 0.4) is 0 Å². The molecular weight excluding hydrogens is 268 g/mol. The maximum Gasteiger partial charge on any atom is 0.336 e. The lowest BCUT2D eigenvalue weighted by Crippen LogP contribution is -2.18. The Bertz CT molecular complexity index is 554. The van der Waals surface area contributed by atoms with Crippen molar-refractivity contribution < 1.29 is 19.8 Å². The molecule has 0 heterocycles. The standard InChI is InChI=1S/C17H22O4/c1-10(2)12-8-9-13(16(18)19)15(17(20)21)14(12)11-6-4-3-5-7-11/h8-11H,3-7H2,1-2H3,(H,18,19)(H,20,21). The molecule has 0 saturated heterocycles. The van der Waals surface area contributed by atoms with Crippen LogP contribution >= 0.6 is 0 Å². The molecule has 1 aromatic rings. The van der Waals surface area contributed by atoms with Crippen LogP contribution in [0, 0.1) is 0 Å². The molecule has 21 heavy (non-hydrogen) atoms. The van der Waals surface area contributed by atoms with E-state index in [2.05, 4.69) is 0 Å². The van der Waals surface area contributed by atoms with Crippen molar-refractivity contribution >= 4 is 11.9 Å². The third-order valence-corrected chi connectivity index (χ3v) is 4.36. The molecular formula is C17H22O4. The lowest BCUT2D eigenvalue weighted by molar-refractivity contribution is 0.0649. The Kier molecular flexibility index (Phi) is 4.66. The molecule has 1 aromatic carbocycles. The fourth-order valence-electron chi connectivity index (χ4n) is 3.38. The average molecular weight is 290 g/mol. The second-order valence-electron chi connectivity index (χ2n) is 6.09. The molecule has 0 aromatic heterocycles. The normalized spacial score (nSPS) is 16.1. The number of aromatic carboxylic acids is 2. The molecule has 2 rings (SSSR count). The predicted octanol–water partition coefficient (Wildman–Crippen LogP) is 4.25. The summed E-state index contributed by atoms with van der Waals surface area (Å²) in [5, 5.41) is 18.9. The van der Waals surface area contributed by atoms with E-state index in [1.165, 1.54) is 12.5 Å². The third kappa shape index (κ3) is 3.09. The highest BCUT2D eigenvalue weighted by Crippen LogP contribution is 2.39. The van der Waals surface area contributed by atoms with Crippen molar-refractivity contribution in [2.45, 2.75) is 57.8 Å². The summed E-state index contributed by atoms with van der Waals surface area (Å²) >= 11 is 0. The van der Waals surface area contributed by atoms with E-state index in [0.717, 1.165) is 36.8 Å². The predicted molar refractivity (Wildman–Crippen MR) is 80.3 cm³/mol. The van der Waals surface area contributed by atoms with Crippen LogP contribution in [0.1, 0.15) is 89.6 Å². The molecule has 0 spiro atoms. The summed E-state index contributed by atoms with van der Waals surface area (Å²) in [5.74, 6) is -1.94. The number of carboxylic acids is 2. The van der Waals surface area contributed by atoms with Crippen molar-refractivity contribution in [3.8, 4) is 0 Å². The Morgan fingerprint density at radius 1 is 1.05 bits per heavy atom. The van der Waals surface area contributed by atoms with Crippen molar-refractivity contribution in [1.82, 2.24) is 0 Å². The molecule has 0 radical (unpaired) electrons. The lowest BCUT2D eigenvalue weighted by Gasteiger charge is -2.28. The van der Waals surface area contributed by atoms with E-state index in [9.17, 15) is 19.8 Å². The van der Waals surface area contributed by atoms with Crippen LogP contribution in [-0.4, -0.2) is 22.2 Å². The minimum atomic E-state index is -1.17. The van der Waals surface area contributed by atoms with Crippen molar-refractivity contribution in [2.75, 3.05) is 0 Å². The zero-order chi connectivity index (χ0) is 15.6. The number of hydrogen-bond donors (Lipinski definition) is 2. The molecule has 0 aliphatic heterocycles. The molecule has 0 bridgehead atoms. The highest BCUT2D eigenvalue weighted by Gasteiger charge is 2.29.